The lowest BCUT2D eigenvalue weighted by atomic mass is 10.2. The van der Waals surface area contributed by atoms with Crippen LogP contribution in [-0.4, -0.2) is 72.9 Å². The second-order valence-corrected chi connectivity index (χ2v) is 10.9. The number of aromatic nitrogens is 2. The molecule has 0 N–H and O–H groups in total. The van der Waals surface area contributed by atoms with E-state index in [9.17, 15) is 13.2 Å². The Kier molecular flexibility index (Phi) is 5.70. The Morgan fingerprint density at radius 1 is 1.00 bits per heavy atom. The number of piperazine rings is 1. The van der Waals surface area contributed by atoms with Crippen LogP contribution in [0.25, 0.3) is 11.4 Å². The molecule has 1 aromatic carbocycles. The van der Waals surface area contributed by atoms with Crippen LogP contribution >= 0.6 is 11.3 Å². The number of carbonyl (C=O) groups is 1. The highest BCUT2D eigenvalue weighted by Gasteiger charge is 2.31. The Balaban J connectivity index is 1.27. The quantitative estimate of drug-likeness (QED) is 0.561. The fraction of sp³-hybridized carbons (Fsp3) is 0.381. The molecule has 0 radical (unpaired) electrons. The van der Waals surface area contributed by atoms with Crippen LogP contribution in [0.4, 0.5) is 5.69 Å². The van der Waals surface area contributed by atoms with Gasteiger partial charge in [-0.2, -0.15) is 9.29 Å². The van der Waals surface area contributed by atoms with Crippen molar-refractivity contribution in [3.63, 3.8) is 0 Å². The molecule has 1 amide bonds. The second-order valence-electron chi connectivity index (χ2n) is 7.80. The van der Waals surface area contributed by atoms with Gasteiger partial charge >= 0.3 is 11.8 Å². The van der Waals surface area contributed by atoms with E-state index in [2.05, 4.69) is 15.0 Å². The van der Waals surface area contributed by atoms with Gasteiger partial charge in [0.15, 0.2) is 0 Å². The highest BCUT2D eigenvalue weighted by atomic mass is 32.2. The summed E-state index contributed by atoms with van der Waals surface area (Å²) in [5.74, 6) is -0.116. The summed E-state index contributed by atoms with van der Waals surface area (Å²) in [4.78, 5) is 20.5. The molecule has 2 aromatic heterocycles. The molecule has 5 rings (SSSR count). The maximum Gasteiger partial charge on any atom is 0.316 e. The molecule has 11 heteroatoms. The van der Waals surface area contributed by atoms with E-state index in [-0.39, 0.29) is 21.8 Å². The van der Waals surface area contributed by atoms with Crippen LogP contribution in [0.1, 0.15) is 23.5 Å². The SMILES string of the molecule is O=C(c1nc(-c2csc(S(=O)(=O)N3CCN(c4ccccc4)CC3)c2)no1)N1CCCC1. The molecule has 0 bridgehead atoms. The maximum atomic E-state index is 13.2. The summed E-state index contributed by atoms with van der Waals surface area (Å²) in [7, 11) is -3.61. The molecule has 2 aliphatic heterocycles. The summed E-state index contributed by atoms with van der Waals surface area (Å²) in [6.45, 7) is 3.48. The van der Waals surface area contributed by atoms with Gasteiger partial charge in [0.1, 0.15) is 4.21 Å². The minimum Gasteiger partial charge on any atom is -0.369 e. The number of rotatable bonds is 5. The highest BCUT2D eigenvalue weighted by Crippen LogP contribution is 2.30. The van der Waals surface area contributed by atoms with Crippen molar-refractivity contribution in [2.24, 2.45) is 0 Å². The minimum atomic E-state index is -3.61. The molecule has 0 atom stereocenters. The first-order valence-corrected chi connectivity index (χ1v) is 12.9. The molecule has 168 valence electrons. The Labute approximate surface area is 190 Å². The first-order chi connectivity index (χ1) is 15.5. The number of sulfonamides is 1. The van der Waals surface area contributed by atoms with Gasteiger partial charge in [0.25, 0.3) is 10.0 Å². The molecular formula is C21H23N5O4S2. The number of anilines is 1. The normalized spacial score (nSPS) is 17.8. The number of thiophene rings is 1. The summed E-state index contributed by atoms with van der Waals surface area (Å²) >= 11 is 1.12. The van der Waals surface area contributed by atoms with E-state index >= 15 is 0 Å². The van der Waals surface area contributed by atoms with E-state index in [0.717, 1.165) is 29.9 Å². The van der Waals surface area contributed by atoms with E-state index in [1.807, 2.05) is 30.3 Å². The molecule has 0 aliphatic carbocycles. The third kappa shape index (κ3) is 4.03. The van der Waals surface area contributed by atoms with Gasteiger partial charge in [0.05, 0.1) is 0 Å². The van der Waals surface area contributed by atoms with Gasteiger partial charge in [-0.25, -0.2) is 8.42 Å². The lowest BCUT2D eigenvalue weighted by molar-refractivity contribution is 0.0743. The average Bonchev–Trinajstić information content (AvgIpc) is 3.60. The number of nitrogens with zero attached hydrogens (tertiary/aromatic N) is 5. The predicted octanol–water partition coefficient (Wildman–Crippen LogP) is 2.55. The monoisotopic (exact) mass is 473 g/mol. The highest BCUT2D eigenvalue weighted by molar-refractivity contribution is 7.91. The summed E-state index contributed by atoms with van der Waals surface area (Å²) in [5.41, 5.74) is 1.63. The molecule has 0 saturated carbocycles. The van der Waals surface area contributed by atoms with Crippen LogP contribution in [0.15, 0.2) is 50.5 Å². The van der Waals surface area contributed by atoms with Crippen molar-refractivity contribution in [3.8, 4) is 11.4 Å². The average molecular weight is 474 g/mol. The molecule has 4 heterocycles. The lowest BCUT2D eigenvalue weighted by Crippen LogP contribution is -2.48. The first-order valence-electron chi connectivity index (χ1n) is 10.5. The zero-order valence-corrected chi connectivity index (χ0v) is 19.0. The summed E-state index contributed by atoms with van der Waals surface area (Å²) < 4.78 is 33.2. The van der Waals surface area contributed by atoms with Gasteiger partial charge in [-0.3, -0.25) is 4.79 Å². The Morgan fingerprint density at radius 2 is 1.72 bits per heavy atom. The van der Waals surface area contributed by atoms with Crippen molar-refractivity contribution in [1.82, 2.24) is 19.3 Å². The smallest absolute Gasteiger partial charge is 0.316 e. The molecule has 2 fully saturated rings. The van der Waals surface area contributed by atoms with Crippen LogP contribution in [-0.2, 0) is 10.0 Å². The molecule has 3 aromatic rings. The number of amides is 1. The van der Waals surface area contributed by atoms with Crippen molar-refractivity contribution < 1.29 is 17.7 Å². The molecule has 9 nitrogen and oxygen atoms in total. The van der Waals surface area contributed by atoms with Gasteiger partial charge < -0.3 is 14.3 Å². The fourth-order valence-electron chi connectivity index (χ4n) is 4.00. The van der Waals surface area contributed by atoms with Crippen molar-refractivity contribution in [3.05, 3.63) is 47.7 Å². The van der Waals surface area contributed by atoms with E-state index in [1.165, 1.54) is 4.31 Å². The Morgan fingerprint density at radius 3 is 2.44 bits per heavy atom. The minimum absolute atomic E-state index is 0.0606. The number of hydrogen-bond donors (Lipinski definition) is 0. The van der Waals surface area contributed by atoms with Crippen LogP contribution in [0.2, 0.25) is 0 Å². The second kappa shape index (κ2) is 8.64. The molecule has 32 heavy (non-hydrogen) atoms. The zero-order valence-electron chi connectivity index (χ0n) is 17.4. The topological polar surface area (TPSA) is 99.8 Å². The first kappa shape index (κ1) is 21.1. The number of carbonyl (C=O) groups excluding carboxylic acids is 1. The standard InChI is InChI=1S/C21H23N5O4S2/c27-21(25-8-4-5-9-25)20-22-19(23-30-20)16-14-18(31-15-16)32(28,29)26-12-10-24(11-13-26)17-6-2-1-3-7-17/h1-3,6-7,14-15H,4-5,8-13H2. The zero-order chi connectivity index (χ0) is 22.1. The van der Waals surface area contributed by atoms with Crippen molar-refractivity contribution in [2.45, 2.75) is 17.1 Å². The third-order valence-electron chi connectivity index (χ3n) is 5.79. The van der Waals surface area contributed by atoms with Gasteiger partial charge in [-0.1, -0.05) is 23.4 Å². The van der Waals surface area contributed by atoms with E-state index in [0.29, 0.717) is 44.8 Å². The number of benzene rings is 1. The molecule has 0 unspecified atom stereocenters. The van der Waals surface area contributed by atoms with Crippen molar-refractivity contribution >= 4 is 33.0 Å². The summed E-state index contributed by atoms with van der Waals surface area (Å²) in [6, 6.07) is 11.5. The van der Waals surface area contributed by atoms with Gasteiger partial charge in [-0.15, -0.1) is 11.3 Å². The largest absolute Gasteiger partial charge is 0.369 e. The maximum absolute atomic E-state index is 13.2. The van der Waals surface area contributed by atoms with Gasteiger partial charge in [0.2, 0.25) is 5.82 Å². The molecule has 0 spiro atoms. The van der Waals surface area contributed by atoms with Crippen molar-refractivity contribution in [2.75, 3.05) is 44.2 Å². The third-order valence-corrected chi connectivity index (χ3v) is 9.10. The lowest BCUT2D eigenvalue weighted by Gasteiger charge is -2.35. The molecule has 2 aliphatic rings. The number of hydrogen-bond acceptors (Lipinski definition) is 8. The molecule has 2 saturated heterocycles. The summed E-state index contributed by atoms with van der Waals surface area (Å²) in [6.07, 6.45) is 1.94. The van der Waals surface area contributed by atoms with Gasteiger partial charge in [-0.05, 0) is 31.0 Å². The van der Waals surface area contributed by atoms with E-state index < -0.39 is 10.0 Å². The van der Waals surface area contributed by atoms with E-state index in [1.54, 1.807) is 16.3 Å². The van der Waals surface area contributed by atoms with Crippen LogP contribution < -0.4 is 4.90 Å². The van der Waals surface area contributed by atoms with Crippen LogP contribution in [0.5, 0.6) is 0 Å². The predicted molar refractivity (Wildman–Crippen MR) is 120 cm³/mol. The fourth-order valence-corrected chi connectivity index (χ4v) is 6.74. The van der Waals surface area contributed by atoms with Crippen LogP contribution in [0, 0.1) is 0 Å². The van der Waals surface area contributed by atoms with Gasteiger partial charge in [0, 0.05) is 55.9 Å². The summed E-state index contributed by atoms with van der Waals surface area (Å²) in [5, 5.41) is 5.57. The van der Waals surface area contributed by atoms with E-state index in [4.69, 9.17) is 4.52 Å². The Hall–Kier alpha value is -2.76. The Bertz CT molecular complexity index is 1190. The number of para-hydroxylation sites is 1. The number of likely N-dealkylation sites (tertiary alicyclic amines) is 1. The molecular weight excluding hydrogens is 450 g/mol. The van der Waals surface area contributed by atoms with Crippen LogP contribution in [0.3, 0.4) is 0 Å². The van der Waals surface area contributed by atoms with Crippen molar-refractivity contribution in [1.29, 1.82) is 0 Å².